The van der Waals surface area contributed by atoms with E-state index >= 15 is 0 Å². The Balaban J connectivity index is 2.20. The number of aliphatic carboxylic acids is 1. The fourth-order valence-corrected chi connectivity index (χ4v) is 3.67. The Kier molecular flexibility index (Phi) is 6.79. The third-order valence-electron chi connectivity index (χ3n) is 3.64. The van der Waals surface area contributed by atoms with Crippen molar-refractivity contribution in [2.24, 2.45) is 0 Å². The van der Waals surface area contributed by atoms with Crippen LogP contribution in [0.3, 0.4) is 0 Å². The number of hydrogen-bond acceptors (Lipinski definition) is 4. The number of carboxylic acid groups (broad SMARTS) is 1. The molecule has 0 aliphatic heterocycles. The minimum absolute atomic E-state index is 0.0649. The highest BCUT2D eigenvalue weighted by Gasteiger charge is 2.21. The van der Waals surface area contributed by atoms with Gasteiger partial charge in [-0.15, -0.1) is 11.8 Å². The smallest absolute Gasteiger partial charge is 0.313 e. The molecule has 0 amide bonds. The van der Waals surface area contributed by atoms with Crippen molar-refractivity contribution >= 4 is 40.9 Å². The molecule has 0 saturated heterocycles. The fourth-order valence-electron chi connectivity index (χ4n) is 2.34. The molecule has 0 heterocycles. The molecule has 2 aromatic carbocycles. The molecule has 2 aromatic rings. The maximum atomic E-state index is 12.6. The topological polar surface area (TPSA) is 71.4 Å². The lowest BCUT2D eigenvalue weighted by atomic mass is 10.0. The second-order valence-corrected chi connectivity index (χ2v) is 7.07. The number of Topliss-reactive ketones (excluding diaryl/α,β-unsaturated/α-hetero) is 2. The van der Waals surface area contributed by atoms with E-state index < -0.39 is 5.97 Å². The first-order valence-corrected chi connectivity index (χ1v) is 9.03. The third kappa shape index (κ3) is 5.44. The molecule has 1 atom stereocenters. The summed E-state index contributed by atoms with van der Waals surface area (Å²) in [6.07, 6.45) is 0.126. The van der Waals surface area contributed by atoms with Gasteiger partial charge >= 0.3 is 5.97 Å². The first-order valence-electron chi connectivity index (χ1n) is 7.60. The number of carbonyl (C=O) groups excluding carboxylic acids is 2. The summed E-state index contributed by atoms with van der Waals surface area (Å²) < 4.78 is 0. The van der Waals surface area contributed by atoms with Crippen LogP contribution in [0.4, 0.5) is 0 Å². The van der Waals surface area contributed by atoms with Crippen molar-refractivity contribution in [2.75, 3.05) is 5.75 Å². The second-order valence-electron chi connectivity index (χ2n) is 5.48. The third-order valence-corrected chi connectivity index (χ3v) is 5.23. The highest BCUT2D eigenvalue weighted by atomic mass is 35.5. The van der Waals surface area contributed by atoms with E-state index in [0.29, 0.717) is 16.1 Å². The van der Waals surface area contributed by atoms with Crippen molar-refractivity contribution in [2.45, 2.75) is 18.6 Å². The number of halogens is 1. The van der Waals surface area contributed by atoms with E-state index in [1.54, 1.807) is 42.5 Å². The van der Waals surface area contributed by atoms with Gasteiger partial charge in [-0.3, -0.25) is 14.4 Å². The van der Waals surface area contributed by atoms with Gasteiger partial charge in [-0.1, -0.05) is 54.1 Å². The van der Waals surface area contributed by atoms with Crippen molar-refractivity contribution in [3.63, 3.8) is 0 Å². The lowest BCUT2D eigenvalue weighted by molar-refractivity contribution is -0.133. The summed E-state index contributed by atoms with van der Waals surface area (Å²) >= 11 is 7.38. The molecule has 0 aliphatic carbocycles. The molecule has 0 radical (unpaired) electrons. The van der Waals surface area contributed by atoms with Crippen LogP contribution in [0, 0.1) is 0 Å². The van der Waals surface area contributed by atoms with Gasteiger partial charge in [0, 0.05) is 27.8 Å². The van der Waals surface area contributed by atoms with Crippen LogP contribution in [0.2, 0.25) is 5.02 Å². The number of hydrogen-bond donors (Lipinski definition) is 1. The first-order chi connectivity index (χ1) is 11.9. The van der Waals surface area contributed by atoms with Crippen LogP contribution in [-0.4, -0.2) is 28.4 Å². The normalized spacial score (nSPS) is 11.8. The van der Waals surface area contributed by atoms with Crippen molar-refractivity contribution in [1.82, 2.24) is 0 Å². The zero-order chi connectivity index (χ0) is 18.4. The molecule has 0 spiro atoms. The Hall–Kier alpha value is -2.11. The van der Waals surface area contributed by atoms with E-state index in [1.807, 2.05) is 6.07 Å². The molecule has 0 aliphatic rings. The van der Waals surface area contributed by atoms with Gasteiger partial charge in [-0.2, -0.15) is 0 Å². The van der Waals surface area contributed by atoms with Gasteiger partial charge in [0.25, 0.3) is 0 Å². The highest BCUT2D eigenvalue weighted by Crippen LogP contribution is 2.37. The van der Waals surface area contributed by atoms with Crippen LogP contribution >= 0.6 is 23.4 Å². The molecule has 0 bridgehead atoms. The maximum absolute atomic E-state index is 12.6. The lowest BCUT2D eigenvalue weighted by Gasteiger charge is -2.17. The SMILES string of the molecule is CC(=O)c1ccc(C(=O)CC(SCC(=O)O)c2ccccc2Cl)cc1. The molecule has 130 valence electrons. The van der Waals surface area contributed by atoms with Crippen LogP contribution in [-0.2, 0) is 4.79 Å². The molecule has 0 fully saturated rings. The van der Waals surface area contributed by atoms with Crippen molar-refractivity contribution in [3.8, 4) is 0 Å². The number of ketones is 2. The molecular weight excluding hydrogens is 360 g/mol. The minimum Gasteiger partial charge on any atom is -0.481 e. The lowest BCUT2D eigenvalue weighted by Crippen LogP contribution is -2.09. The average molecular weight is 377 g/mol. The Labute approximate surface area is 155 Å². The van der Waals surface area contributed by atoms with Crippen LogP contribution in [0.25, 0.3) is 0 Å². The van der Waals surface area contributed by atoms with Crippen LogP contribution in [0.15, 0.2) is 48.5 Å². The number of benzene rings is 2. The van der Waals surface area contributed by atoms with Gasteiger partial charge in [-0.25, -0.2) is 0 Å². The molecule has 25 heavy (non-hydrogen) atoms. The Morgan fingerprint density at radius 3 is 2.20 bits per heavy atom. The first kappa shape index (κ1) is 19.2. The van der Waals surface area contributed by atoms with E-state index in [1.165, 1.54) is 18.7 Å². The predicted octanol–water partition coefficient (Wildman–Crippen LogP) is 4.67. The van der Waals surface area contributed by atoms with E-state index in [0.717, 1.165) is 5.56 Å². The molecule has 0 saturated carbocycles. The van der Waals surface area contributed by atoms with E-state index in [-0.39, 0.29) is 29.0 Å². The van der Waals surface area contributed by atoms with Gasteiger partial charge in [0.2, 0.25) is 0 Å². The summed E-state index contributed by atoms with van der Waals surface area (Å²) in [4.78, 5) is 34.8. The molecule has 6 heteroatoms. The van der Waals surface area contributed by atoms with Crippen molar-refractivity contribution in [1.29, 1.82) is 0 Å². The Morgan fingerprint density at radius 2 is 1.64 bits per heavy atom. The molecule has 1 N–H and O–H groups in total. The molecule has 0 aromatic heterocycles. The highest BCUT2D eigenvalue weighted by molar-refractivity contribution is 8.00. The van der Waals surface area contributed by atoms with Gasteiger partial charge in [0.05, 0.1) is 5.75 Å². The van der Waals surface area contributed by atoms with Gasteiger partial charge < -0.3 is 5.11 Å². The van der Waals surface area contributed by atoms with Crippen LogP contribution < -0.4 is 0 Å². The molecule has 1 unspecified atom stereocenters. The van der Waals surface area contributed by atoms with E-state index in [4.69, 9.17) is 16.7 Å². The summed E-state index contributed by atoms with van der Waals surface area (Å²) in [6, 6.07) is 13.6. The predicted molar refractivity (Wildman–Crippen MR) is 99.7 cm³/mol. The fraction of sp³-hybridized carbons (Fsp3) is 0.211. The zero-order valence-electron chi connectivity index (χ0n) is 13.6. The van der Waals surface area contributed by atoms with Crippen LogP contribution in [0.1, 0.15) is 44.9 Å². The number of rotatable bonds is 8. The molecule has 2 rings (SSSR count). The quantitative estimate of drug-likeness (QED) is 0.677. The summed E-state index contributed by atoms with van der Waals surface area (Å²) in [5.41, 5.74) is 1.77. The molecular formula is C19H17ClO4S. The van der Waals surface area contributed by atoms with Gasteiger partial charge in [0.15, 0.2) is 11.6 Å². The number of carbonyl (C=O) groups is 3. The second kappa shape index (κ2) is 8.83. The van der Waals surface area contributed by atoms with Gasteiger partial charge in [0.1, 0.15) is 0 Å². The zero-order valence-corrected chi connectivity index (χ0v) is 15.1. The summed E-state index contributed by atoms with van der Waals surface area (Å²) in [5.74, 6) is -1.25. The Morgan fingerprint density at radius 1 is 1.04 bits per heavy atom. The summed E-state index contributed by atoms with van der Waals surface area (Å²) in [7, 11) is 0. The van der Waals surface area contributed by atoms with Crippen molar-refractivity contribution in [3.05, 3.63) is 70.2 Å². The summed E-state index contributed by atoms with van der Waals surface area (Å²) in [5, 5.41) is 9.09. The van der Waals surface area contributed by atoms with E-state index in [2.05, 4.69) is 0 Å². The maximum Gasteiger partial charge on any atom is 0.313 e. The van der Waals surface area contributed by atoms with Crippen molar-refractivity contribution < 1.29 is 19.5 Å². The number of carboxylic acids is 1. The van der Waals surface area contributed by atoms with Gasteiger partial charge in [-0.05, 0) is 18.6 Å². The Bertz CT molecular complexity index is 786. The number of thioether (sulfide) groups is 1. The molecule has 4 nitrogen and oxygen atoms in total. The minimum atomic E-state index is -0.944. The average Bonchev–Trinajstić information content (AvgIpc) is 2.59. The van der Waals surface area contributed by atoms with Crippen LogP contribution in [0.5, 0.6) is 0 Å². The largest absolute Gasteiger partial charge is 0.481 e. The monoisotopic (exact) mass is 376 g/mol. The van der Waals surface area contributed by atoms with E-state index in [9.17, 15) is 14.4 Å². The standard InChI is InChI=1S/C19H17ClO4S/c1-12(21)13-6-8-14(9-7-13)17(22)10-18(25-11-19(23)24)15-4-2-3-5-16(15)20/h2-9,18H,10-11H2,1H3,(H,23,24). The summed E-state index contributed by atoms with van der Waals surface area (Å²) in [6.45, 7) is 1.47.